The zero-order valence-electron chi connectivity index (χ0n) is 16.8. The third-order valence-corrected chi connectivity index (χ3v) is 6.62. The van der Waals surface area contributed by atoms with Gasteiger partial charge in [0.05, 0.1) is 22.7 Å². The van der Waals surface area contributed by atoms with E-state index in [1.807, 2.05) is 19.1 Å². The normalized spacial score (nSPS) is 16.4. The Balaban J connectivity index is 1.55. The summed E-state index contributed by atoms with van der Waals surface area (Å²) in [6, 6.07) is 4.46. The molecule has 0 spiro atoms. The predicted octanol–water partition coefficient (Wildman–Crippen LogP) is 3.84. The summed E-state index contributed by atoms with van der Waals surface area (Å²) in [7, 11) is 0. The lowest BCUT2D eigenvalue weighted by atomic mass is 10.0. The molecule has 148 valence electrons. The van der Waals surface area contributed by atoms with Crippen LogP contribution in [0, 0.1) is 6.92 Å². The number of rotatable bonds is 7. The van der Waals surface area contributed by atoms with Gasteiger partial charge in [-0.05, 0) is 69.0 Å². The Morgan fingerprint density at radius 1 is 1.07 bits per heavy atom. The second-order valence-electron chi connectivity index (χ2n) is 7.81. The predicted molar refractivity (Wildman–Crippen MR) is 111 cm³/mol. The molecule has 0 N–H and O–H groups in total. The number of fused-ring (bicyclic) bond motifs is 2. The van der Waals surface area contributed by atoms with Crippen LogP contribution in [0.2, 0.25) is 0 Å². The summed E-state index contributed by atoms with van der Waals surface area (Å²) in [5.74, 6) is -0.340. The summed E-state index contributed by atoms with van der Waals surface area (Å²) in [6.45, 7) is 8.88. The fourth-order valence-corrected chi connectivity index (χ4v) is 5.26. The minimum Gasteiger partial charge on any atom is -0.300 e. The standard InChI is InChI=1S/C22H27N3O2S/c1-4-6-24(7-5-2)17-8-15-10-19-20(11-16(15)9-17)22(27)25(21(19)26)13-18-12-23-14(3)28-18/h10-12,17H,4-9,13H2,1-3H3. The molecular weight excluding hydrogens is 370 g/mol. The van der Waals surface area contributed by atoms with E-state index in [-0.39, 0.29) is 11.8 Å². The molecule has 2 heterocycles. The molecule has 1 aliphatic carbocycles. The number of nitrogens with zero attached hydrogens (tertiary/aromatic N) is 3. The van der Waals surface area contributed by atoms with Crippen LogP contribution in [-0.2, 0) is 19.4 Å². The summed E-state index contributed by atoms with van der Waals surface area (Å²) < 4.78 is 0. The first-order chi connectivity index (χ1) is 13.5. The number of amides is 2. The van der Waals surface area contributed by atoms with Gasteiger partial charge in [0.25, 0.3) is 11.8 Å². The molecule has 0 saturated carbocycles. The molecule has 6 heteroatoms. The summed E-state index contributed by atoms with van der Waals surface area (Å²) in [4.78, 5) is 34.9. The molecule has 0 radical (unpaired) electrons. The summed E-state index contributed by atoms with van der Waals surface area (Å²) >= 11 is 1.53. The molecule has 28 heavy (non-hydrogen) atoms. The molecule has 0 atom stereocenters. The van der Waals surface area contributed by atoms with Crippen molar-refractivity contribution in [3.05, 3.63) is 50.5 Å². The van der Waals surface area contributed by atoms with E-state index in [2.05, 4.69) is 23.7 Å². The van der Waals surface area contributed by atoms with Crippen LogP contribution >= 0.6 is 11.3 Å². The van der Waals surface area contributed by atoms with Gasteiger partial charge in [-0.25, -0.2) is 4.98 Å². The van der Waals surface area contributed by atoms with Crippen molar-refractivity contribution in [2.45, 2.75) is 59.0 Å². The minimum atomic E-state index is -0.170. The number of hydrogen-bond donors (Lipinski definition) is 0. The van der Waals surface area contributed by atoms with Gasteiger partial charge < -0.3 is 0 Å². The SMILES string of the molecule is CCCN(CCC)C1Cc2cc3c(cc2C1)C(=O)N(Cc1cnc(C)s1)C3=O. The topological polar surface area (TPSA) is 53.5 Å². The van der Waals surface area contributed by atoms with Crippen LogP contribution in [0.15, 0.2) is 18.3 Å². The molecular formula is C22H27N3O2S. The van der Waals surface area contributed by atoms with Gasteiger partial charge in [0, 0.05) is 17.1 Å². The quantitative estimate of drug-likeness (QED) is 0.666. The van der Waals surface area contributed by atoms with E-state index in [1.54, 1.807) is 6.20 Å². The molecule has 0 fully saturated rings. The van der Waals surface area contributed by atoms with Crippen LogP contribution in [0.5, 0.6) is 0 Å². The highest BCUT2D eigenvalue weighted by atomic mass is 32.1. The van der Waals surface area contributed by atoms with Crippen LogP contribution in [0.25, 0.3) is 0 Å². The number of thiazole rings is 1. The molecule has 2 aromatic rings. The van der Waals surface area contributed by atoms with Crippen LogP contribution in [-0.4, -0.2) is 45.7 Å². The minimum absolute atomic E-state index is 0.170. The van der Waals surface area contributed by atoms with Crippen molar-refractivity contribution in [1.82, 2.24) is 14.8 Å². The summed E-state index contributed by atoms with van der Waals surface area (Å²) in [6.07, 6.45) is 5.99. The zero-order chi connectivity index (χ0) is 19.8. The Morgan fingerprint density at radius 2 is 1.64 bits per heavy atom. The maximum Gasteiger partial charge on any atom is 0.261 e. The van der Waals surface area contributed by atoms with E-state index < -0.39 is 0 Å². The zero-order valence-corrected chi connectivity index (χ0v) is 17.6. The highest BCUT2D eigenvalue weighted by Crippen LogP contribution is 2.33. The number of carbonyl (C=O) groups excluding carboxylic acids is 2. The molecule has 2 amide bonds. The van der Waals surface area contributed by atoms with E-state index in [1.165, 1.54) is 27.4 Å². The van der Waals surface area contributed by atoms with Gasteiger partial charge >= 0.3 is 0 Å². The Bertz CT molecular complexity index is 870. The van der Waals surface area contributed by atoms with Crippen LogP contribution in [0.4, 0.5) is 0 Å². The number of imide groups is 1. The van der Waals surface area contributed by atoms with Gasteiger partial charge in [-0.3, -0.25) is 19.4 Å². The average molecular weight is 398 g/mol. The van der Waals surface area contributed by atoms with Gasteiger partial charge in [-0.1, -0.05) is 13.8 Å². The molecule has 1 aromatic carbocycles. The number of carbonyl (C=O) groups is 2. The van der Waals surface area contributed by atoms with Crippen molar-refractivity contribution in [2.24, 2.45) is 0 Å². The number of benzene rings is 1. The first kappa shape index (κ1) is 19.3. The van der Waals surface area contributed by atoms with Crippen molar-refractivity contribution in [1.29, 1.82) is 0 Å². The van der Waals surface area contributed by atoms with Crippen molar-refractivity contribution >= 4 is 23.2 Å². The second-order valence-corrected chi connectivity index (χ2v) is 9.13. The summed E-state index contributed by atoms with van der Waals surface area (Å²) in [5.41, 5.74) is 3.61. The van der Waals surface area contributed by atoms with Crippen molar-refractivity contribution < 1.29 is 9.59 Å². The largest absolute Gasteiger partial charge is 0.300 e. The number of hydrogen-bond acceptors (Lipinski definition) is 5. The fourth-order valence-electron chi connectivity index (χ4n) is 4.47. The third-order valence-electron chi connectivity index (χ3n) is 5.72. The number of aromatic nitrogens is 1. The van der Waals surface area contributed by atoms with Crippen LogP contribution in [0.1, 0.15) is 68.4 Å². The van der Waals surface area contributed by atoms with Gasteiger partial charge in [-0.2, -0.15) is 0 Å². The Kier molecular flexibility index (Phi) is 5.34. The molecule has 1 aromatic heterocycles. The smallest absolute Gasteiger partial charge is 0.261 e. The summed E-state index contributed by atoms with van der Waals surface area (Å²) in [5, 5.41) is 0.945. The first-order valence-electron chi connectivity index (χ1n) is 10.2. The Morgan fingerprint density at radius 3 is 2.11 bits per heavy atom. The molecule has 5 nitrogen and oxygen atoms in total. The molecule has 0 unspecified atom stereocenters. The highest BCUT2D eigenvalue weighted by molar-refractivity contribution is 7.11. The van der Waals surface area contributed by atoms with E-state index in [0.717, 1.165) is 48.7 Å². The molecule has 4 rings (SSSR count). The first-order valence-corrected chi connectivity index (χ1v) is 11.0. The maximum atomic E-state index is 12.9. The van der Waals surface area contributed by atoms with Crippen molar-refractivity contribution in [3.63, 3.8) is 0 Å². The fraction of sp³-hybridized carbons (Fsp3) is 0.500. The van der Waals surface area contributed by atoms with E-state index in [9.17, 15) is 9.59 Å². The molecule has 1 aliphatic heterocycles. The van der Waals surface area contributed by atoms with E-state index >= 15 is 0 Å². The Labute approximate surface area is 170 Å². The lowest BCUT2D eigenvalue weighted by molar-refractivity contribution is 0.0643. The molecule has 2 aliphatic rings. The number of aryl methyl sites for hydroxylation is 1. The highest BCUT2D eigenvalue weighted by Gasteiger charge is 2.38. The lowest BCUT2D eigenvalue weighted by Gasteiger charge is -2.27. The van der Waals surface area contributed by atoms with Gasteiger partial charge in [0.1, 0.15) is 0 Å². The third kappa shape index (κ3) is 3.40. The maximum absolute atomic E-state index is 12.9. The van der Waals surface area contributed by atoms with Crippen molar-refractivity contribution in [2.75, 3.05) is 13.1 Å². The van der Waals surface area contributed by atoms with Gasteiger partial charge in [-0.15, -0.1) is 11.3 Å². The van der Waals surface area contributed by atoms with Gasteiger partial charge in [0.2, 0.25) is 0 Å². The monoisotopic (exact) mass is 397 g/mol. The lowest BCUT2D eigenvalue weighted by Crippen LogP contribution is -2.37. The van der Waals surface area contributed by atoms with Gasteiger partial charge in [0.15, 0.2) is 0 Å². The molecule has 0 saturated heterocycles. The van der Waals surface area contributed by atoms with Crippen LogP contribution in [0.3, 0.4) is 0 Å². The van der Waals surface area contributed by atoms with E-state index in [0.29, 0.717) is 23.7 Å². The second kappa shape index (κ2) is 7.76. The average Bonchev–Trinajstić information content (AvgIpc) is 3.34. The van der Waals surface area contributed by atoms with E-state index in [4.69, 9.17) is 0 Å². The molecule has 0 bridgehead atoms. The Hall–Kier alpha value is -2.05. The van der Waals surface area contributed by atoms with Crippen molar-refractivity contribution in [3.8, 4) is 0 Å². The van der Waals surface area contributed by atoms with Crippen LogP contribution < -0.4 is 0 Å².